The standard InChI is InChI=1S/C12H21N5O2/c1-9-6-16(8-11(9)15(2)3)4-5-17-7-10(12(18)19)13-14-17/h7,9,11H,4-6,8H2,1-3H3,(H,18,19). The number of likely N-dealkylation sites (tertiary alicyclic amines) is 1. The molecule has 0 aromatic carbocycles. The molecule has 19 heavy (non-hydrogen) atoms. The van der Waals surface area contributed by atoms with Gasteiger partial charge in [-0.05, 0) is 20.0 Å². The SMILES string of the molecule is CC1CN(CCn2cc(C(=O)O)nn2)CC1N(C)C. The lowest BCUT2D eigenvalue weighted by Gasteiger charge is -2.22. The van der Waals surface area contributed by atoms with Gasteiger partial charge in [0.25, 0.3) is 0 Å². The second-order valence-corrected chi connectivity index (χ2v) is 5.44. The van der Waals surface area contributed by atoms with Gasteiger partial charge in [-0.15, -0.1) is 5.10 Å². The molecule has 0 amide bonds. The Kier molecular flexibility index (Phi) is 4.16. The largest absolute Gasteiger partial charge is 0.476 e. The van der Waals surface area contributed by atoms with Crippen molar-refractivity contribution < 1.29 is 9.90 Å². The van der Waals surface area contributed by atoms with Crippen molar-refractivity contribution in [2.45, 2.75) is 19.5 Å². The van der Waals surface area contributed by atoms with Gasteiger partial charge in [0.2, 0.25) is 0 Å². The molecule has 7 heteroatoms. The fraction of sp³-hybridized carbons (Fsp3) is 0.750. The monoisotopic (exact) mass is 267 g/mol. The molecule has 0 saturated carbocycles. The third-order valence-corrected chi connectivity index (χ3v) is 3.71. The maximum Gasteiger partial charge on any atom is 0.358 e. The van der Waals surface area contributed by atoms with E-state index in [9.17, 15) is 4.79 Å². The van der Waals surface area contributed by atoms with E-state index in [1.165, 1.54) is 6.20 Å². The van der Waals surface area contributed by atoms with Crippen LogP contribution in [0.4, 0.5) is 0 Å². The van der Waals surface area contributed by atoms with Crippen molar-refractivity contribution in [1.82, 2.24) is 24.8 Å². The Hall–Kier alpha value is -1.47. The molecule has 2 unspecified atom stereocenters. The van der Waals surface area contributed by atoms with E-state index in [0.29, 0.717) is 18.5 Å². The number of hydrogen-bond acceptors (Lipinski definition) is 5. The second-order valence-electron chi connectivity index (χ2n) is 5.44. The van der Waals surface area contributed by atoms with Crippen LogP contribution in [0.25, 0.3) is 0 Å². The van der Waals surface area contributed by atoms with Crippen molar-refractivity contribution in [3.63, 3.8) is 0 Å². The highest BCUT2D eigenvalue weighted by Gasteiger charge is 2.30. The second kappa shape index (κ2) is 5.66. The number of carbonyl (C=O) groups is 1. The van der Waals surface area contributed by atoms with E-state index < -0.39 is 5.97 Å². The summed E-state index contributed by atoms with van der Waals surface area (Å²) in [5.74, 6) is -0.381. The van der Waals surface area contributed by atoms with Crippen LogP contribution in [0.15, 0.2) is 6.20 Å². The Bertz CT molecular complexity index is 445. The number of rotatable bonds is 5. The van der Waals surface area contributed by atoms with Crippen molar-refractivity contribution >= 4 is 5.97 Å². The van der Waals surface area contributed by atoms with Crippen molar-refractivity contribution in [3.8, 4) is 0 Å². The summed E-state index contributed by atoms with van der Waals surface area (Å²) >= 11 is 0. The summed E-state index contributed by atoms with van der Waals surface area (Å²) in [6.07, 6.45) is 1.48. The predicted molar refractivity (Wildman–Crippen MR) is 70.1 cm³/mol. The Balaban J connectivity index is 1.84. The Morgan fingerprint density at radius 1 is 1.47 bits per heavy atom. The molecule has 1 aliphatic rings. The minimum absolute atomic E-state index is 0.000887. The van der Waals surface area contributed by atoms with E-state index in [1.54, 1.807) is 4.68 Å². The molecule has 1 aromatic rings. The molecule has 0 radical (unpaired) electrons. The van der Waals surface area contributed by atoms with Crippen molar-refractivity contribution in [1.29, 1.82) is 0 Å². The summed E-state index contributed by atoms with van der Waals surface area (Å²) in [4.78, 5) is 15.4. The van der Waals surface area contributed by atoms with Crippen LogP contribution in [0.2, 0.25) is 0 Å². The number of aromatic nitrogens is 3. The van der Waals surface area contributed by atoms with Gasteiger partial charge in [0, 0.05) is 25.7 Å². The number of carboxylic acids is 1. The molecule has 2 heterocycles. The molecule has 0 aliphatic carbocycles. The lowest BCUT2D eigenvalue weighted by molar-refractivity contribution is 0.0690. The molecule has 106 valence electrons. The minimum atomic E-state index is -1.03. The van der Waals surface area contributed by atoms with Crippen molar-refractivity contribution in [2.24, 2.45) is 5.92 Å². The Labute approximate surface area is 112 Å². The number of hydrogen-bond donors (Lipinski definition) is 1. The zero-order valence-electron chi connectivity index (χ0n) is 11.7. The number of nitrogens with zero attached hydrogens (tertiary/aromatic N) is 5. The third kappa shape index (κ3) is 3.30. The molecule has 2 atom stereocenters. The molecule has 1 fully saturated rings. The Morgan fingerprint density at radius 3 is 2.74 bits per heavy atom. The third-order valence-electron chi connectivity index (χ3n) is 3.71. The molecule has 7 nitrogen and oxygen atoms in total. The molecule has 1 aliphatic heterocycles. The van der Waals surface area contributed by atoms with E-state index in [-0.39, 0.29) is 5.69 Å². The van der Waals surface area contributed by atoms with Gasteiger partial charge < -0.3 is 10.0 Å². The fourth-order valence-electron chi connectivity index (χ4n) is 2.65. The van der Waals surface area contributed by atoms with Gasteiger partial charge in [-0.1, -0.05) is 12.1 Å². The first-order valence-corrected chi connectivity index (χ1v) is 6.49. The van der Waals surface area contributed by atoms with Crippen LogP contribution in [-0.2, 0) is 6.54 Å². The van der Waals surface area contributed by atoms with E-state index in [1.807, 2.05) is 0 Å². The van der Waals surface area contributed by atoms with Gasteiger partial charge in [0.05, 0.1) is 12.7 Å². The first-order chi connectivity index (χ1) is 8.97. The summed E-state index contributed by atoms with van der Waals surface area (Å²) in [6, 6.07) is 0.588. The molecule has 1 N–H and O–H groups in total. The minimum Gasteiger partial charge on any atom is -0.476 e. The topological polar surface area (TPSA) is 74.5 Å². The van der Waals surface area contributed by atoms with E-state index in [0.717, 1.165) is 19.6 Å². The van der Waals surface area contributed by atoms with Crippen LogP contribution in [0.5, 0.6) is 0 Å². The van der Waals surface area contributed by atoms with Crippen LogP contribution in [0.3, 0.4) is 0 Å². The van der Waals surface area contributed by atoms with E-state index >= 15 is 0 Å². The molecule has 0 bridgehead atoms. The van der Waals surface area contributed by atoms with E-state index in [4.69, 9.17) is 5.11 Å². The number of aromatic carboxylic acids is 1. The van der Waals surface area contributed by atoms with Crippen LogP contribution in [0, 0.1) is 5.92 Å². The first-order valence-electron chi connectivity index (χ1n) is 6.49. The number of likely N-dealkylation sites (N-methyl/N-ethyl adjacent to an activating group) is 1. The molecular formula is C12H21N5O2. The lowest BCUT2D eigenvalue weighted by Crippen LogP contribution is -2.34. The van der Waals surface area contributed by atoms with Crippen LogP contribution in [0.1, 0.15) is 17.4 Å². The van der Waals surface area contributed by atoms with Gasteiger partial charge in [-0.25, -0.2) is 4.79 Å². The maximum atomic E-state index is 10.7. The fourth-order valence-corrected chi connectivity index (χ4v) is 2.65. The van der Waals surface area contributed by atoms with Gasteiger partial charge >= 0.3 is 5.97 Å². The summed E-state index contributed by atoms with van der Waals surface area (Å²) in [7, 11) is 4.22. The molecule has 0 spiro atoms. The number of carboxylic acid groups (broad SMARTS) is 1. The first kappa shape index (κ1) is 14.0. The highest BCUT2D eigenvalue weighted by Crippen LogP contribution is 2.19. The lowest BCUT2D eigenvalue weighted by atomic mass is 10.1. The van der Waals surface area contributed by atoms with Crippen LogP contribution in [-0.4, -0.2) is 75.6 Å². The van der Waals surface area contributed by atoms with E-state index in [2.05, 4.69) is 41.1 Å². The van der Waals surface area contributed by atoms with Gasteiger partial charge in [-0.3, -0.25) is 9.58 Å². The quantitative estimate of drug-likeness (QED) is 0.800. The summed E-state index contributed by atoms with van der Waals surface area (Å²) in [5, 5.41) is 16.2. The van der Waals surface area contributed by atoms with Gasteiger partial charge in [-0.2, -0.15) is 0 Å². The summed E-state index contributed by atoms with van der Waals surface area (Å²) in [5.41, 5.74) is 0.000887. The summed E-state index contributed by atoms with van der Waals surface area (Å²) in [6.45, 7) is 5.94. The predicted octanol–water partition coefficient (Wildman–Crippen LogP) is -0.142. The van der Waals surface area contributed by atoms with Crippen LogP contribution >= 0.6 is 0 Å². The molecular weight excluding hydrogens is 246 g/mol. The van der Waals surface area contributed by atoms with Gasteiger partial charge in [0.15, 0.2) is 5.69 Å². The molecule has 1 aromatic heterocycles. The molecule has 1 saturated heterocycles. The van der Waals surface area contributed by atoms with Crippen molar-refractivity contribution in [3.05, 3.63) is 11.9 Å². The normalized spacial score (nSPS) is 24.2. The zero-order chi connectivity index (χ0) is 14.0. The molecule has 2 rings (SSSR count). The van der Waals surface area contributed by atoms with Crippen molar-refractivity contribution in [2.75, 3.05) is 33.7 Å². The van der Waals surface area contributed by atoms with Crippen LogP contribution < -0.4 is 0 Å². The highest BCUT2D eigenvalue weighted by atomic mass is 16.4. The zero-order valence-corrected chi connectivity index (χ0v) is 11.7. The highest BCUT2D eigenvalue weighted by molar-refractivity contribution is 5.84. The smallest absolute Gasteiger partial charge is 0.358 e. The Morgan fingerprint density at radius 2 is 2.21 bits per heavy atom. The average molecular weight is 267 g/mol. The van der Waals surface area contributed by atoms with Gasteiger partial charge in [0.1, 0.15) is 0 Å². The maximum absolute atomic E-state index is 10.7. The average Bonchev–Trinajstić information content (AvgIpc) is 2.92. The summed E-state index contributed by atoms with van der Waals surface area (Å²) < 4.78 is 1.59.